The summed E-state index contributed by atoms with van der Waals surface area (Å²) in [5, 5.41) is 2.91. The summed E-state index contributed by atoms with van der Waals surface area (Å²) in [6, 6.07) is 13.8. The first-order valence-electron chi connectivity index (χ1n) is 8.58. The molecule has 130 valence electrons. The van der Waals surface area contributed by atoms with Gasteiger partial charge in [-0.2, -0.15) is 0 Å². The van der Waals surface area contributed by atoms with Crippen molar-refractivity contribution in [1.29, 1.82) is 0 Å². The molecule has 2 aromatic carbocycles. The van der Waals surface area contributed by atoms with E-state index >= 15 is 0 Å². The van der Waals surface area contributed by atoms with Crippen LogP contribution in [0.25, 0.3) is 0 Å². The lowest BCUT2D eigenvalue weighted by Crippen LogP contribution is -2.47. The number of hydrogen-bond donors (Lipinski definition) is 1. The van der Waals surface area contributed by atoms with Crippen LogP contribution in [0.2, 0.25) is 0 Å². The average Bonchev–Trinajstić information content (AvgIpc) is 2.96. The van der Waals surface area contributed by atoms with E-state index in [-0.39, 0.29) is 11.8 Å². The van der Waals surface area contributed by atoms with E-state index in [1.165, 1.54) is 0 Å². The Morgan fingerprint density at radius 3 is 2.36 bits per heavy atom. The van der Waals surface area contributed by atoms with Gasteiger partial charge in [0.05, 0.1) is 0 Å². The lowest BCUT2D eigenvalue weighted by atomic mass is 9.90. The standard InChI is InChI=1S/C21H24N2O2/c1-14-11-15(2)13-17(12-14)22-19(24)21(3,4)20(25)23-10-9-16-7-5-6-8-18(16)23/h5-8,11-13H,9-10H2,1-4H3,(H,22,24). The SMILES string of the molecule is Cc1cc(C)cc(NC(=O)C(C)(C)C(=O)N2CCc3ccccc32)c1. The first-order valence-corrected chi connectivity index (χ1v) is 8.58. The Hall–Kier alpha value is -2.62. The van der Waals surface area contributed by atoms with Crippen molar-refractivity contribution in [3.05, 3.63) is 59.2 Å². The molecular weight excluding hydrogens is 312 g/mol. The molecule has 0 fully saturated rings. The van der Waals surface area contributed by atoms with Crippen LogP contribution in [0.4, 0.5) is 11.4 Å². The van der Waals surface area contributed by atoms with Crippen LogP contribution < -0.4 is 10.2 Å². The molecule has 4 nitrogen and oxygen atoms in total. The number of fused-ring (bicyclic) bond motifs is 1. The highest BCUT2D eigenvalue weighted by atomic mass is 16.2. The maximum Gasteiger partial charge on any atom is 0.242 e. The average molecular weight is 336 g/mol. The Morgan fingerprint density at radius 1 is 1.04 bits per heavy atom. The lowest BCUT2D eigenvalue weighted by molar-refractivity contribution is -0.136. The zero-order valence-corrected chi connectivity index (χ0v) is 15.2. The fraction of sp³-hybridized carbons (Fsp3) is 0.333. The Bertz CT molecular complexity index is 819. The predicted molar refractivity (Wildman–Crippen MR) is 101 cm³/mol. The van der Waals surface area contributed by atoms with Crippen molar-refractivity contribution < 1.29 is 9.59 Å². The number of hydrogen-bond acceptors (Lipinski definition) is 2. The minimum absolute atomic E-state index is 0.167. The number of amides is 2. The van der Waals surface area contributed by atoms with Gasteiger partial charge in [-0.05, 0) is 69.0 Å². The molecule has 1 aliphatic rings. The van der Waals surface area contributed by atoms with Crippen molar-refractivity contribution in [1.82, 2.24) is 0 Å². The van der Waals surface area contributed by atoms with Gasteiger partial charge in [0.1, 0.15) is 5.41 Å². The Morgan fingerprint density at radius 2 is 1.68 bits per heavy atom. The second kappa shape index (κ2) is 6.36. The number of rotatable bonds is 3. The normalized spacial score (nSPS) is 13.5. The second-order valence-corrected chi connectivity index (χ2v) is 7.29. The zero-order chi connectivity index (χ0) is 18.2. The van der Waals surface area contributed by atoms with Gasteiger partial charge in [0.25, 0.3) is 0 Å². The summed E-state index contributed by atoms with van der Waals surface area (Å²) in [7, 11) is 0. The molecule has 0 saturated heterocycles. The van der Waals surface area contributed by atoms with Gasteiger partial charge in [0.2, 0.25) is 11.8 Å². The monoisotopic (exact) mass is 336 g/mol. The zero-order valence-electron chi connectivity index (χ0n) is 15.2. The largest absolute Gasteiger partial charge is 0.325 e. The van der Waals surface area contributed by atoms with Crippen LogP contribution in [-0.4, -0.2) is 18.4 Å². The summed E-state index contributed by atoms with van der Waals surface area (Å²) in [6.07, 6.45) is 0.830. The first-order chi connectivity index (χ1) is 11.8. The number of nitrogens with zero attached hydrogens (tertiary/aromatic N) is 1. The van der Waals surface area contributed by atoms with Crippen LogP contribution in [0.3, 0.4) is 0 Å². The first kappa shape index (κ1) is 17.2. The highest BCUT2D eigenvalue weighted by Gasteiger charge is 2.41. The molecule has 2 amide bonds. The lowest BCUT2D eigenvalue weighted by Gasteiger charge is -2.28. The molecule has 3 rings (SSSR count). The van der Waals surface area contributed by atoms with E-state index < -0.39 is 5.41 Å². The van der Waals surface area contributed by atoms with Gasteiger partial charge in [-0.3, -0.25) is 9.59 Å². The van der Waals surface area contributed by atoms with Crippen molar-refractivity contribution in [2.24, 2.45) is 5.41 Å². The molecule has 0 bridgehead atoms. The molecule has 2 aromatic rings. The summed E-state index contributed by atoms with van der Waals surface area (Å²) in [5.41, 5.74) is 3.81. The molecule has 0 saturated carbocycles. The molecule has 0 radical (unpaired) electrons. The van der Waals surface area contributed by atoms with Gasteiger partial charge in [-0.1, -0.05) is 24.3 Å². The molecule has 1 N–H and O–H groups in total. The quantitative estimate of drug-likeness (QED) is 0.865. The third-order valence-corrected chi connectivity index (χ3v) is 4.71. The third-order valence-electron chi connectivity index (χ3n) is 4.71. The smallest absolute Gasteiger partial charge is 0.242 e. The molecular formula is C21H24N2O2. The summed E-state index contributed by atoms with van der Waals surface area (Å²) >= 11 is 0. The van der Waals surface area contributed by atoms with Crippen molar-refractivity contribution in [3.63, 3.8) is 0 Å². The van der Waals surface area contributed by atoms with Crippen molar-refractivity contribution in [2.75, 3.05) is 16.8 Å². The van der Waals surface area contributed by atoms with Crippen LogP contribution in [0.1, 0.15) is 30.5 Å². The van der Waals surface area contributed by atoms with Gasteiger partial charge < -0.3 is 10.2 Å². The summed E-state index contributed by atoms with van der Waals surface area (Å²) in [6.45, 7) is 7.97. The van der Waals surface area contributed by atoms with Crippen LogP contribution in [-0.2, 0) is 16.0 Å². The number of anilines is 2. The van der Waals surface area contributed by atoms with E-state index in [4.69, 9.17) is 0 Å². The molecule has 1 heterocycles. The van der Waals surface area contributed by atoms with Crippen molar-refractivity contribution in [2.45, 2.75) is 34.1 Å². The highest BCUT2D eigenvalue weighted by Crippen LogP contribution is 2.32. The van der Waals surface area contributed by atoms with E-state index in [0.717, 1.165) is 34.5 Å². The maximum absolute atomic E-state index is 13.1. The minimum Gasteiger partial charge on any atom is -0.325 e. The van der Waals surface area contributed by atoms with Crippen LogP contribution in [0, 0.1) is 19.3 Å². The Kier molecular flexibility index (Phi) is 4.38. The van der Waals surface area contributed by atoms with Crippen molar-refractivity contribution in [3.8, 4) is 0 Å². The number of carbonyl (C=O) groups excluding carboxylic acids is 2. The van der Waals surface area contributed by atoms with E-state index in [2.05, 4.69) is 5.32 Å². The molecule has 0 unspecified atom stereocenters. The van der Waals surface area contributed by atoms with Gasteiger partial charge in [-0.15, -0.1) is 0 Å². The Balaban J connectivity index is 1.81. The predicted octanol–water partition coefficient (Wildman–Crippen LogP) is 3.86. The number of nitrogens with one attached hydrogen (secondary N) is 1. The second-order valence-electron chi connectivity index (χ2n) is 7.29. The van der Waals surface area contributed by atoms with Crippen LogP contribution in [0.5, 0.6) is 0 Å². The number of aryl methyl sites for hydroxylation is 2. The molecule has 0 aromatic heterocycles. The van der Waals surface area contributed by atoms with Crippen LogP contribution >= 0.6 is 0 Å². The summed E-state index contributed by atoms with van der Waals surface area (Å²) in [4.78, 5) is 27.6. The summed E-state index contributed by atoms with van der Waals surface area (Å²) < 4.78 is 0. The third kappa shape index (κ3) is 3.29. The molecule has 0 spiro atoms. The fourth-order valence-electron chi connectivity index (χ4n) is 3.32. The van der Waals surface area contributed by atoms with E-state index in [0.29, 0.717) is 6.54 Å². The van der Waals surface area contributed by atoms with Gasteiger partial charge in [-0.25, -0.2) is 0 Å². The Labute approximate surface area is 148 Å². The number of carbonyl (C=O) groups is 2. The number of benzene rings is 2. The van der Waals surface area contributed by atoms with Crippen molar-refractivity contribution >= 4 is 23.2 Å². The molecule has 4 heteroatoms. The fourth-order valence-corrected chi connectivity index (χ4v) is 3.32. The number of para-hydroxylation sites is 1. The van der Waals surface area contributed by atoms with E-state index in [1.54, 1.807) is 18.7 Å². The van der Waals surface area contributed by atoms with Crippen LogP contribution in [0.15, 0.2) is 42.5 Å². The topological polar surface area (TPSA) is 49.4 Å². The van der Waals surface area contributed by atoms with Gasteiger partial charge in [0.15, 0.2) is 0 Å². The maximum atomic E-state index is 13.1. The molecule has 25 heavy (non-hydrogen) atoms. The molecule has 1 aliphatic heterocycles. The van der Waals surface area contributed by atoms with E-state index in [9.17, 15) is 9.59 Å². The minimum atomic E-state index is -1.14. The summed E-state index contributed by atoms with van der Waals surface area (Å²) in [5.74, 6) is -0.453. The van der Waals surface area contributed by atoms with Gasteiger partial charge >= 0.3 is 0 Å². The van der Waals surface area contributed by atoms with Gasteiger partial charge in [0, 0.05) is 17.9 Å². The molecule has 0 atom stereocenters. The molecule has 0 aliphatic carbocycles. The highest BCUT2D eigenvalue weighted by molar-refractivity contribution is 6.15. The van der Waals surface area contributed by atoms with E-state index in [1.807, 2.05) is 56.3 Å².